The third kappa shape index (κ3) is 1.75. The van der Waals surface area contributed by atoms with Crippen molar-refractivity contribution >= 4 is 5.84 Å². The summed E-state index contributed by atoms with van der Waals surface area (Å²) in [6.45, 7) is 2.75. The summed E-state index contributed by atoms with van der Waals surface area (Å²) >= 11 is 0. The van der Waals surface area contributed by atoms with E-state index in [2.05, 4.69) is 15.3 Å². The molecule has 0 radical (unpaired) electrons. The number of nitrogens with one attached hydrogen (secondary N) is 1. The molecule has 0 amide bonds. The van der Waals surface area contributed by atoms with Gasteiger partial charge in [-0.3, -0.25) is 9.98 Å². The molecule has 4 heteroatoms. The molecule has 0 saturated heterocycles. The molecule has 2 rings (SSSR count). The van der Waals surface area contributed by atoms with E-state index in [-0.39, 0.29) is 12.1 Å². The van der Waals surface area contributed by atoms with Crippen LogP contribution in [0.5, 0.6) is 0 Å². The number of pyridine rings is 1. The van der Waals surface area contributed by atoms with Crippen LogP contribution in [-0.4, -0.2) is 29.4 Å². The third-order valence-corrected chi connectivity index (χ3v) is 2.36. The van der Waals surface area contributed by atoms with E-state index < -0.39 is 0 Å². The molecule has 0 saturated carbocycles. The van der Waals surface area contributed by atoms with Crippen molar-refractivity contribution in [1.82, 2.24) is 10.3 Å². The Morgan fingerprint density at radius 2 is 2.21 bits per heavy atom. The Bertz CT molecular complexity index is 331. The smallest absolute Gasteiger partial charge is 0.128 e. The van der Waals surface area contributed by atoms with Gasteiger partial charge < -0.3 is 11.1 Å². The molecule has 2 unspecified atom stereocenters. The van der Waals surface area contributed by atoms with Gasteiger partial charge in [0.1, 0.15) is 5.84 Å². The van der Waals surface area contributed by atoms with Gasteiger partial charge in [-0.1, -0.05) is 0 Å². The van der Waals surface area contributed by atoms with Crippen molar-refractivity contribution in [2.45, 2.75) is 19.0 Å². The average molecular weight is 190 g/mol. The first-order valence-electron chi connectivity index (χ1n) is 4.74. The lowest BCUT2D eigenvalue weighted by Gasteiger charge is -2.15. The SMILES string of the molecule is CC(N)C1CN=C(c2ccncc2)N1. The minimum absolute atomic E-state index is 0.123. The molecule has 14 heavy (non-hydrogen) atoms. The highest BCUT2D eigenvalue weighted by Gasteiger charge is 2.21. The fourth-order valence-corrected chi connectivity index (χ4v) is 1.44. The highest BCUT2D eigenvalue weighted by atomic mass is 15.1. The van der Waals surface area contributed by atoms with E-state index in [1.54, 1.807) is 12.4 Å². The summed E-state index contributed by atoms with van der Waals surface area (Å²) in [5, 5.41) is 3.30. The minimum Gasteiger partial charge on any atom is -0.364 e. The van der Waals surface area contributed by atoms with Crippen molar-refractivity contribution in [3.8, 4) is 0 Å². The summed E-state index contributed by atoms with van der Waals surface area (Å²) < 4.78 is 0. The first-order chi connectivity index (χ1) is 6.77. The largest absolute Gasteiger partial charge is 0.364 e. The predicted octanol–water partition coefficient (Wildman–Crippen LogP) is 0.147. The lowest BCUT2D eigenvalue weighted by molar-refractivity contribution is 0.549. The first-order valence-corrected chi connectivity index (χ1v) is 4.74. The zero-order valence-corrected chi connectivity index (χ0v) is 8.14. The van der Waals surface area contributed by atoms with E-state index in [0.29, 0.717) is 0 Å². The van der Waals surface area contributed by atoms with E-state index in [1.165, 1.54) is 0 Å². The minimum atomic E-state index is 0.123. The van der Waals surface area contributed by atoms with Crippen LogP contribution in [0, 0.1) is 0 Å². The number of rotatable bonds is 2. The molecule has 1 aliphatic rings. The Morgan fingerprint density at radius 3 is 2.79 bits per heavy atom. The predicted molar refractivity (Wildman–Crippen MR) is 56.2 cm³/mol. The Kier molecular flexibility index (Phi) is 2.45. The van der Waals surface area contributed by atoms with Gasteiger partial charge in [0.05, 0.1) is 12.6 Å². The second-order valence-electron chi connectivity index (χ2n) is 3.54. The number of aliphatic imine (C=N–C) groups is 1. The van der Waals surface area contributed by atoms with E-state index in [4.69, 9.17) is 5.73 Å². The molecule has 0 spiro atoms. The lowest BCUT2D eigenvalue weighted by Crippen LogP contribution is -2.43. The van der Waals surface area contributed by atoms with Crippen molar-refractivity contribution in [3.05, 3.63) is 30.1 Å². The van der Waals surface area contributed by atoms with Crippen LogP contribution in [0.1, 0.15) is 12.5 Å². The van der Waals surface area contributed by atoms with Gasteiger partial charge in [0.2, 0.25) is 0 Å². The summed E-state index contributed by atoms with van der Waals surface area (Å²) in [4.78, 5) is 8.37. The number of hydrogen-bond donors (Lipinski definition) is 2. The number of amidine groups is 1. The molecule has 1 aromatic heterocycles. The van der Waals surface area contributed by atoms with Crippen LogP contribution in [0.2, 0.25) is 0 Å². The van der Waals surface area contributed by atoms with Crippen LogP contribution < -0.4 is 11.1 Å². The molecule has 2 heterocycles. The molecule has 0 aliphatic carbocycles. The van der Waals surface area contributed by atoms with Gasteiger partial charge in [0, 0.05) is 24.0 Å². The average Bonchev–Trinajstić information content (AvgIpc) is 2.68. The van der Waals surface area contributed by atoms with Crippen molar-refractivity contribution in [2.75, 3.05) is 6.54 Å². The van der Waals surface area contributed by atoms with Crippen LogP contribution in [0.25, 0.3) is 0 Å². The maximum atomic E-state index is 5.79. The van der Waals surface area contributed by atoms with Crippen molar-refractivity contribution in [3.63, 3.8) is 0 Å². The topological polar surface area (TPSA) is 63.3 Å². The quantitative estimate of drug-likeness (QED) is 0.697. The summed E-state index contributed by atoms with van der Waals surface area (Å²) in [6, 6.07) is 4.27. The fraction of sp³-hybridized carbons (Fsp3) is 0.400. The molecule has 0 aromatic carbocycles. The molecule has 3 N–H and O–H groups in total. The zero-order valence-electron chi connectivity index (χ0n) is 8.14. The number of hydrogen-bond acceptors (Lipinski definition) is 4. The maximum Gasteiger partial charge on any atom is 0.128 e. The molecular weight excluding hydrogens is 176 g/mol. The molecule has 1 aromatic rings. The molecular formula is C10H14N4. The maximum absolute atomic E-state index is 5.79. The van der Waals surface area contributed by atoms with E-state index in [0.717, 1.165) is 17.9 Å². The van der Waals surface area contributed by atoms with Gasteiger partial charge in [-0.15, -0.1) is 0 Å². The van der Waals surface area contributed by atoms with Gasteiger partial charge in [0.15, 0.2) is 0 Å². The van der Waals surface area contributed by atoms with Crippen LogP contribution in [0.15, 0.2) is 29.5 Å². The first kappa shape index (κ1) is 9.15. The van der Waals surface area contributed by atoms with Gasteiger partial charge in [-0.05, 0) is 19.1 Å². The van der Waals surface area contributed by atoms with E-state index in [9.17, 15) is 0 Å². The van der Waals surface area contributed by atoms with Gasteiger partial charge in [-0.2, -0.15) is 0 Å². The molecule has 0 bridgehead atoms. The van der Waals surface area contributed by atoms with E-state index in [1.807, 2.05) is 19.1 Å². The summed E-state index contributed by atoms with van der Waals surface area (Å²) in [7, 11) is 0. The van der Waals surface area contributed by atoms with Crippen LogP contribution >= 0.6 is 0 Å². The number of nitrogens with zero attached hydrogens (tertiary/aromatic N) is 2. The second kappa shape index (κ2) is 3.75. The highest BCUT2D eigenvalue weighted by molar-refractivity contribution is 5.99. The molecule has 1 aliphatic heterocycles. The Morgan fingerprint density at radius 1 is 1.50 bits per heavy atom. The fourth-order valence-electron chi connectivity index (χ4n) is 1.44. The van der Waals surface area contributed by atoms with Gasteiger partial charge in [0.25, 0.3) is 0 Å². The van der Waals surface area contributed by atoms with Crippen molar-refractivity contribution in [2.24, 2.45) is 10.7 Å². The molecule has 74 valence electrons. The molecule has 4 nitrogen and oxygen atoms in total. The van der Waals surface area contributed by atoms with Gasteiger partial charge in [-0.25, -0.2) is 0 Å². The van der Waals surface area contributed by atoms with Crippen LogP contribution in [-0.2, 0) is 0 Å². The normalized spacial score (nSPS) is 22.7. The Balaban J connectivity index is 2.09. The zero-order chi connectivity index (χ0) is 9.97. The van der Waals surface area contributed by atoms with E-state index >= 15 is 0 Å². The van der Waals surface area contributed by atoms with Crippen LogP contribution in [0.3, 0.4) is 0 Å². The summed E-state index contributed by atoms with van der Waals surface area (Å²) in [5.74, 6) is 0.926. The Labute approximate surface area is 83.3 Å². The van der Waals surface area contributed by atoms with Crippen LogP contribution in [0.4, 0.5) is 0 Å². The third-order valence-electron chi connectivity index (χ3n) is 2.36. The summed E-state index contributed by atoms with van der Waals surface area (Å²) in [5.41, 5.74) is 6.86. The molecule has 0 fully saturated rings. The lowest BCUT2D eigenvalue weighted by atomic mass is 10.1. The second-order valence-corrected chi connectivity index (χ2v) is 3.54. The standard InChI is InChI=1S/C10H14N4/c1-7(11)9-6-13-10(14-9)8-2-4-12-5-3-8/h2-5,7,9H,6,11H2,1H3,(H,13,14). The number of aromatic nitrogens is 1. The van der Waals surface area contributed by atoms with Gasteiger partial charge >= 0.3 is 0 Å². The monoisotopic (exact) mass is 190 g/mol. The number of nitrogens with two attached hydrogens (primary N) is 1. The Hall–Kier alpha value is -1.42. The highest BCUT2D eigenvalue weighted by Crippen LogP contribution is 2.06. The van der Waals surface area contributed by atoms with Crippen molar-refractivity contribution in [1.29, 1.82) is 0 Å². The van der Waals surface area contributed by atoms with Crippen molar-refractivity contribution < 1.29 is 0 Å². The molecule has 2 atom stereocenters. The summed E-state index contributed by atoms with van der Waals surface area (Å²) in [6.07, 6.45) is 3.53.